The van der Waals surface area contributed by atoms with E-state index in [2.05, 4.69) is 43.6 Å². The number of aryl methyl sites for hydroxylation is 1. The van der Waals surface area contributed by atoms with Crippen molar-refractivity contribution in [2.45, 2.75) is 18.9 Å². The van der Waals surface area contributed by atoms with Gasteiger partial charge in [-0.3, -0.25) is 9.89 Å². The zero-order chi connectivity index (χ0) is 16.5. The summed E-state index contributed by atoms with van der Waals surface area (Å²) in [5.74, 6) is -0.0968. The maximum Gasteiger partial charge on any atom is 0.255 e. The van der Waals surface area contributed by atoms with Gasteiger partial charge in [0.2, 0.25) is 0 Å². The van der Waals surface area contributed by atoms with E-state index in [9.17, 15) is 4.79 Å². The van der Waals surface area contributed by atoms with Gasteiger partial charge in [-0.15, -0.1) is 0 Å². The summed E-state index contributed by atoms with van der Waals surface area (Å²) in [5.41, 5.74) is 4.77. The van der Waals surface area contributed by atoms with Gasteiger partial charge in [-0.25, -0.2) is 0 Å². The summed E-state index contributed by atoms with van der Waals surface area (Å²) in [6, 6.07) is 16.2. The molecule has 0 aliphatic heterocycles. The van der Waals surface area contributed by atoms with Crippen molar-refractivity contribution in [3.8, 4) is 11.3 Å². The molecule has 2 aromatic carbocycles. The number of amides is 1. The first kappa shape index (κ1) is 15.1. The number of hydrogen-bond acceptors (Lipinski definition) is 2. The lowest BCUT2D eigenvalue weighted by molar-refractivity contribution is 0.0937. The number of nitrogens with one attached hydrogen (secondary N) is 2. The standard InChI is InChI=1S/C19H16BrN3O/c20-14-6-3-5-13(10-14)18-16(11-21-23-18)19(24)22-17-9-8-12-4-1-2-7-15(12)17/h1-7,10-11,17H,8-9H2,(H,21,23)(H,22,24). The molecular weight excluding hydrogens is 366 g/mol. The van der Waals surface area contributed by atoms with Crippen LogP contribution in [0.3, 0.4) is 0 Å². The van der Waals surface area contributed by atoms with Gasteiger partial charge in [-0.2, -0.15) is 5.10 Å². The van der Waals surface area contributed by atoms with Crippen molar-refractivity contribution < 1.29 is 4.79 Å². The van der Waals surface area contributed by atoms with E-state index in [4.69, 9.17) is 0 Å². The Labute approximate surface area is 148 Å². The van der Waals surface area contributed by atoms with E-state index < -0.39 is 0 Å². The van der Waals surface area contributed by atoms with Gasteiger partial charge in [0.1, 0.15) is 0 Å². The molecule has 0 bridgehead atoms. The molecule has 0 radical (unpaired) electrons. The first-order valence-corrected chi connectivity index (χ1v) is 8.69. The Morgan fingerprint density at radius 3 is 2.96 bits per heavy atom. The second-order valence-corrected chi connectivity index (χ2v) is 6.85. The number of carbonyl (C=O) groups is 1. The van der Waals surface area contributed by atoms with E-state index in [0.29, 0.717) is 5.56 Å². The number of rotatable bonds is 3. The number of aromatic nitrogens is 2. The van der Waals surface area contributed by atoms with Crippen molar-refractivity contribution in [2.24, 2.45) is 0 Å². The van der Waals surface area contributed by atoms with Crippen molar-refractivity contribution in [2.75, 3.05) is 0 Å². The maximum atomic E-state index is 12.8. The average Bonchev–Trinajstić information content (AvgIpc) is 3.22. The molecule has 1 amide bonds. The largest absolute Gasteiger partial charge is 0.345 e. The summed E-state index contributed by atoms with van der Waals surface area (Å²) >= 11 is 3.46. The SMILES string of the molecule is O=C(NC1CCc2ccccc21)c1cn[nH]c1-c1cccc(Br)c1. The molecule has 1 heterocycles. The Bertz CT molecular complexity index is 903. The van der Waals surface area contributed by atoms with Gasteiger partial charge in [0, 0.05) is 10.0 Å². The number of benzene rings is 2. The first-order valence-electron chi connectivity index (χ1n) is 7.90. The number of H-pyrrole nitrogens is 1. The summed E-state index contributed by atoms with van der Waals surface area (Å²) in [7, 11) is 0. The number of halogens is 1. The minimum absolute atomic E-state index is 0.0685. The van der Waals surface area contributed by atoms with Gasteiger partial charge >= 0.3 is 0 Å². The lowest BCUT2D eigenvalue weighted by Gasteiger charge is -2.14. The zero-order valence-electron chi connectivity index (χ0n) is 12.9. The molecule has 24 heavy (non-hydrogen) atoms. The Morgan fingerprint density at radius 1 is 1.21 bits per heavy atom. The van der Waals surface area contributed by atoms with E-state index in [1.54, 1.807) is 6.20 Å². The minimum atomic E-state index is -0.0968. The lowest BCUT2D eigenvalue weighted by Crippen LogP contribution is -2.27. The van der Waals surface area contributed by atoms with Gasteiger partial charge in [0.15, 0.2) is 0 Å². The van der Waals surface area contributed by atoms with Crippen LogP contribution in [-0.2, 0) is 6.42 Å². The Balaban J connectivity index is 1.60. The van der Waals surface area contributed by atoms with E-state index in [1.165, 1.54) is 11.1 Å². The Hall–Kier alpha value is -2.40. The molecule has 1 atom stereocenters. The highest BCUT2D eigenvalue weighted by Gasteiger charge is 2.25. The molecule has 4 rings (SSSR count). The fourth-order valence-electron chi connectivity index (χ4n) is 3.27. The number of aromatic amines is 1. The third kappa shape index (κ3) is 2.76. The Kier molecular flexibility index (Phi) is 3.94. The van der Waals surface area contributed by atoms with Crippen molar-refractivity contribution in [3.05, 3.63) is 75.9 Å². The van der Waals surface area contributed by atoms with Crippen LogP contribution in [0.4, 0.5) is 0 Å². The fourth-order valence-corrected chi connectivity index (χ4v) is 3.66. The predicted octanol–water partition coefficient (Wildman–Crippen LogP) is 4.26. The molecule has 0 spiro atoms. The highest BCUT2D eigenvalue weighted by molar-refractivity contribution is 9.10. The highest BCUT2D eigenvalue weighted by Crippen LogP contribution is 2.31. The monoisotopic (exact) mass is 381 g/mol. The van der Waals surface area contributed by atoms with Crippen LogP contribution in [-0.4, -0.2) is 16.1 Å². The molecule has 2 N–H and O–H groups in total. The first-order chi connectivity index (χ1) is 11.7. The lowest BCUT2D eigenvalue weighted by atomic mass is 10.1. The number of nitrogens with zero attached hydrogens (tertiary/aromatic N) is 1. The summed E-state index contributed by atoms with van der Waals surface area (Å²) in [6.07, 6.45) is 3.53. The predicted molar refractivity (Wildman–Crippen MR) is 96.7 cm³/mol. The van der Waals surface area contributed by atoms with Gasteiger partial charge in [-0.1, -0.05) is 52.3 Å². The molecule has 1 aliphatic rings. The van der Waals surface area contributed by atoms with Crippen molar-refractivity contribution in [3.63, 3.8) is 0 Å². The van der Waals surface area contributed by atoms with Gasteiger partial charge in [0.25, 0.3) is 5.91 Å². The van der Waals surface area contributed by atoms with Gasteiger partial charge in [0.05, 0.1) is 23.5 Å². The van der Waals surface area contributed by atoms with Crippen molar-refractivity contribution >= 4 is 21.8 Å². The van der Waals surface area contributed by atoms with Crippen LogP contribution in [0.15, 0.2) is 59.2 Å². The second kappa shape index (κ2) is 6.24. The summed E-state index contributed by atoms with van der Waals surface area (Å²) < 4.78 is 0.964. The normalized spacial score (nSPS) is 16.0. The third-order valence-corrected chi connectivity index (χ3v) is 4.93. The molecule has 0 saturated carbocycles. The third-order valence-electron chi connectivity index (χ3n) is 4.44. The molecule has 1 aromatic heterocycles. The van der Waals surface area contributed by atoms with E-state index in [0.717, 1.165) is 28.6 Å². The smallest absolute Gasteiger partial charge is 0.255 e. The minimum Gasteiger partial charge on any atom is -0.345 e. The van der Waals surface area contributed by atoms with Crippen LogP contribution in [0.25, 0.3) is 11.3 Å². The van der Waals surface area contributed by atoms with E-state index >= 15 is 0 Å². The van der Waals surface area contributed by atoms with Crippen LogP contribution >= 0.6 is 15.9 Å². The molecule has 1 aliphatic carbocycles. The molecule has 0 saturated heterocycles. The summed E-state index contributed by atoms with van der Waals surface area (Å²) in [5, 5.41) is 10.2. The quantitative estimate of drug-likeness (QED) is 0.711. The summed E-state index contributed by atoms with van der Waals surface area (Å²) in [6.45, 7) is 0. The molecule has 4 nitrogen and oxygen atoms in total. The zero-order valence-corrected chi connectivity index (χ0v) is 14.5. The molecule has 5 heteroatoms. The Morgan fingerprint density at radius 2 is 2.08 bits per heavy atom. The van der Waals surface area contributed by atoms with Crippen LogP contribution in [0.5, 0.6) is 0 Å². The summed E-state index contributed by atoms with van der Waals surface area (Å²) in [4.78, 5) is 12.8. The molecular formula is C19H16BrN3O. The molecule has 3 aromatic rings. The van der Waals surface area contributed by atoms with E-state index in [1.807, 2.05) is 36.4 Å². The van der Waals surface area contributed by atoms with Gasteiger partial charge < -0.3 is 5.32 Å². The topological polar surface area (TPSA) is 57.8 Å². The number of hydrogen-bond donors (Lipinski definition) is 2. The van der Waals surface area contributed by atoms with Crippen LogP contribution in [0.1, 0.15) is 33.9 Å². The fraction of sp³-hybridized carbons (Fsp3) is 0.158. The number of fused-ring (bicyclic) bond motifs is 1. The second-order valence-electron chi connectivity index (χ2n) is 5.93. The molecule has 1 unspecified atom stereocenters. The maximum absolute atomic E-state index is 12.8. The van der Waals surface area contributed by atoms with E-state index in [-0.39, 0.29) is 11.9 Å². The van der Waals surface area contributed by atoms with Crippen LogP contribution < -0.4 is 5.32 Å². The van der Waals surface area contributed by atoms with Crippen molar-refractivity contribution in [1.29, 1.82) is 0 Å². The van der Waals surface area contributed by atoms with Crippen molar-refractivity contribution in [1.82, 2.24) is 15.5 Å². The average molecular weight is 382 g/mol. The van der Waals surface area contributed by atoms with Crippen LogP contribution in [0.2, 0.25) is 0 Å². The van der Waals surface area contributed by atoms with Crippen LogP contribution in [0, 0.1) is 0 Å². The molecule has 120 valence electrons. The van der Waals surface area contributed by atoms with Gasteiger partial charge in [-0.05, 0) is 36.1 Å². The highest BCUT2D eigenvalue weighted by atomic mass is 79.9. The molecule has 0 fully saturated rings. The number of carbonyl (C=O) groups excluding carboxylic acids is 1.